The van der Waals surface area contributed by atoms with Crippen molar-refractivity contribution >= 4 is 28.6 Å². The lowest BCUT2D eigenvalue weighted by atomic mass is 10.1. The lowest BCUT2D eigenvalue weighted by Gasteiger charge is -2.10. The van der Waals surface area contributed by atoms with Crippen molar-refractivity contribution in [3.8, 4) is 0 Å². The van der Waals surface area contributed by atoms with Crippen LogP contribution in [0.25, 0.3) is 10.9 Å². The number of pyridine rings is 1. The summed E-state index contributed by atoms with van der Waals surface area (Å²) in [5.74, 6) is -0.361. The van der Waals surface area contributed by atoms with Gasteiger partial charge in [0, 0.05) is 16.8 Å². The van der Waals surface area contributed by atoms with Crippen molar-refractivity contribution in [1.29, 1.82) is 0 Å². The third kappa shape index (κ3) is 4.37. The molecule has 1 N–H and O–H groups in total. The highest BCUT2D eigenvalue weighted by atomic mass is 32.2. The second kappa shape index (κ2) is 8.12. The first-order valence-corrected chi connectivity index (χ1v) is 9.10. The number of aromatic nitrogens is 1. The maximum absolute atomic E-state index is 13.1. The van der Waals surface area contributed by atoms with Gasteiger partial charge in [-0.05, 0) is 42.8 Å². The summed E-state index contributed by atoms with van der Waals surface area (Å²) in [5, 5.41) is 4.51. The highest BCUT2D eigenvalue weighted by Crippen LogP contribution is 2.29. The van der Waals surface area contributed by atoms with Crippen molar-refractivity contribution in [2.75, 3.05) is 6.54 Å². The third-order valence-corrected chi connectivity index (χ3v) is 4.72. The molecule has 0 aliphatic carbocycles. The molecule has 1 aromatic heterocycles. The van der Waals surface area contributed by atoms with Crippen LogP contribution in [-0.2, 0) is 0 Å². The number of unbranched alkanes of at least 4 members (excludes halogenated alkanes) is 1. The van der Waals surface area contributed by atoms with Crippen LogP contribution in [0.2, 0.25) is 0 Å². The number of carbonyl (C=O) groups is 1. The summed E-state index contributed by atoms with van der Waals surface area (Å²) < 4.78 is 13.1. The van der Waals surface area contributed by atoms with E-state index in [1.807, 2.05) is 24.3 Å². The molecule has 0 aliphatic heterocycles. The smallest absolute Gasteiger partial charge is 0.252 e. The van der Waals surface area contributed by atoms with Crippen LogP contribution in [0, 0.1) is 5.82 Å². The van der Waals surface area contributed by atoms with Crippen LogP contribution in [0.1, 0.15) is 30.1 Å². The zero-order chi connectivity index (χ0) is 17.6. The van der Waals surface area contributed by atoms with E-state index in [1.54, 1.807) is 18.2 Å². The number of carbonyl (C=O) groups excluding carboxylic acids is 1. The minimum Gasteiger partial charge on any atom is -0.352 e. The Morgan fingerprint density at radius 3 is 2.68 bits per heavy atom. The van der Waals surface area contributed by atoms with Gasteiger partial charge in [0.2, 0.25) is 0 Å². The largest absolute Gasteiger partial charge is 0.352 e. The van der Waals surface area contributed by atoms with E-state index in [9.17, 15) is 9.18 Å². The van der Waals surface area contributed by atoms with Crippen LogP contribution >= 0.6 is 11.8 Å². The molecule has 0 bridgehead atoms. The molecule has 0 unspecified atom stereocenters. The Labute approximate surface area is 150 Å². The van der Waals surface area contributed by atoms with Crippen LogP contribution in [0.4, 0.5) is 4.39 Å². The minimum absolute atomic E-state index is 0.0898. The topological polar surface area (TPSA) is 42.0 Å². The molecule has 5 heteroatoms. The number of hydrogen-bond acceptors (Lipinski definition) is 3. The van der Waals surface area contributed by atoms with Crippen LogP contribution < -0.4 is 5.32 Å². The first-order valence-electron chi connectivity index (χ1n) is 8.29. The molecule has 0 saturated carbocycles. The second-order valence-electron chi connectivity index (χ2n) is 5.69. The molecule has 3 nitrogen and oxygen atoms in total. The van der Waals surface area contributed by atoms with Gasteiger partial charge in [-0.1, -0.05) is 43.3 Å². The summed E-state index contributed by atoms with van der Waals surface area (Å²) in [4.78, 5) is 18.1. The second-order valence-corrected chi connectivity index (χ2v) is 6.78. The van der Waals surface area contributed by atoms with Gasteiger partial charge in [-0.2, -0.15) is 0 Å². The van der Waals surface area contributed by atoms with Gasteiger partial charge in [-0.3, -0.25) is 4.79 Å². The predicted molar refractivity (Wildman–Crippen MR) is 99.5 cm³/mol. The quantitative estimate of drug-likeness (QED) is 0.630. The molecule has 0 radical (unpaired) electrons. The molecule has 1 heterocycles. The number of benzene rings is 2. The zero-order valence-corrected chi connectivity index (χ0v) is 14.8. The zero-order valence-electron chi connectivity index (χ0n) is 14.0. The summed E-state index contributed by atoms with van der Waals surface area (Å²) >= 11 is 1.41. The van der Waals surface area contributed by atoms with Crippen LogP contribution in [0.5, 0.6) is 0 Å². The van der Waals surface area contributed by atoms with E-state index in [0.29, 0.717) is 17.1 Å². The third-order valence-electron chi connectivity index (χ3n) is 3.79. The van der Waals surface area contributed by atoms with Gasteiger partial charge in [0.05, 0.1) is 11.1 Å². The fraction of sp³-hybridized carbons (Fsp3) is 0.200. The first-order chi connectivity index (χ1) is 12.2. The number of nitrogens with one attached hydrogen (secondary N) is 1. The standard InChI is InChI=1S/C20H19FN2OS/c1-2-3-12-22-20(24)17-13-19(23-18-7-5-4-6-16(17)18)25-15-10-8-14(21)9-11-15/h4-11,13H,2-3,12H2,1H3,(H,22,24). The molecular formula is C20H19FN2OS. The van der Waals surface area contributed by atoms with E-state index in [0.717, 1.165) is 28.6 Å². The lowest BCUT2D eigenvalue weighted by Crippen LogP contribution is -2.24. The van der Waals surface area contributed by atoms with Crippen molar-refractivity contribution < 1.29 is 9.18 Å². The number of fused-ring (bicyclic) bond motifs is 1. The van der Waals surface area contributed by atoms with Crippen molar-refractivity contribution in [3.63, 3.8) is 0 Å². The Kier molecular flexibility index (Phi) is 5.66. The molecule has 0 fully saturated rings. The highest BCUT2D eigenvalue weighted by molar-refractivity contribution is 7.99. The highest BCUT2D eigenvalue weighted by Gasteiger charge is 2.13. The molecular weight excluding hydrogens is 335 g/mol. The molecule has 0 aliphatic rings. The van der Waals surface area contributed by atoms with Crippen molar-refractivity contribution in [2.45, 2.75) is 29.7 Å². The number of nitrogens with zero attached hydrogens (tertiary/aromatic N) is 1. The van der Waals surface area contributed by atoms with Crippen LogP contribution in [-0.4, -0.2) is 17.4 Å². The average Bonchev–Trinajstić information content (AvgIpc) is 2.63. The Morgan fingerprint density at radius 1 is 1.16 bits per heavy atom. The summed E-state index contributed by atoms with van der Waals surface area (Å²) in [5.41, 5.74) is 1.39. The van der Waals surface area contributed by atoms with Crippen LogP contribution in [0.3, 0.4) is 0 Å². The molecule has 0 atom stereocenters. The Bertz CT molecular complexity index is 881. The van der Waals surface area contributed by atoms with Crippen LogP contribution in [0.15, 0.2) is 64.5 Å². The number of rotatable bonds is 6. The number of hydrogen-bond donors (Lipinski definition) is 1. The first kappa shape index (κ1) is 17.4. The number of amides is 1. The summed E-state index contributed by atoms with van der Waals surface area (Å²) in [6, 6.07) is 15.7. The van der Waals surface area contributed by atoms with Gasteiger partial charge in [0.15, 0.2) is 0 Å². The SMILES string of the molecule is CCCCNC(=O)c1cc(Sc2ccc(F)cc2)nc2ccccc12. The predicted octanol–water partition coefficient (Wildman–Crippen LogP) is 5.06. The van der Waals surface area contributed by atoms with E-state index < -0.39 is 0 Å². The lowest BCUT2D eigenvalue weighted by molar-refractivity contribution is 0.0954. The van der Waals surface area contributed by atoms with Crippen molar-refractivity contribution in [2.24, 2.45) is 0 Å². The Morgan fingerprint density at radius 2 is 1.92 bits per heavy atom. The van der Waals surface area contributed by atoms with Gasteiger partial charge < -0.3 is 5.32 Å². The molecule has 25 heavy (non-hydrogen) atoms. The Hall–Kier alpha value is -2.40. The molecule has 3 rings (SSSR count). The van der Waals surface area contributed by atoms with Crippen molar-refractivity contribution in [1.82, 2.24) is 10.3 Å². The van der Waals surface area contributed by atoms with E-state index in [-0.39, 0.29) is 11.7 Å². The molecule has 0 spiro atoms. The Balaban J connectivity index is 1.94. The van der Waals surface area contributed by atoms with Crippen molar-refractivity contribution in [3.05, 3.63) is 66.0 Å². The van der Waals surface area contributed by atoms with E-state index in [4.69, 9.17) is 0 Å². The van der Waals surface area contributed by atoms with Gasteiger partial charge >= 0.3 is 0 Å². The average molecular weight is 354 g/mol. The van der Waals surface area contributed by atoms with E-state index in [2.05, 4.69) is 17.2 Å². The monoisotopic (exact) mass is 354 g/mol. The maximum atomic E-state index is 13.1. The molecule has 3 aromatic rings. The molecule has 0 saturated heterocycles. The number of halogens is 1. The normalized spacial score (nSPS) is 10.8. The van der Waals surface area contributed by atoms with Gasteiger partial charge in [0.1, 0.15) is 10.8 Å². The maximum Gasteiger partial charge on any atom is 0.252 e. The number of para-hydroxylation sites is 1. The fourth-order valence-corrected chi connectivity index (χ4v) is 3.32. The van der Waals surface area contributed by atoms with E-state index >= 15 is 0 Å². The minimum atomic E-state index is -0.271. The summed E-state index contributed by atoms with van der Waals surface area (Å²) in [7, 11) is 0. The van der Waals surface area contributed by atoms with Gasteiger partial charge in [-0.25, -0.2) is 9.37 Å². The fourth-order valence-electron chi connectivity index (χ4n) is 2.49. The molecule has 1 amide bonds. The van der Waals surface area contributed by atoms with Gasteiger partial charge in [-0.15, -0.1) is 0 Å². The summed E-state index contributed by atoms with van der Waals surface area (Å²) in [6.45, 7) is 2.75. The molecule has 128 valence electrons. The summed E-state index contributed by atoms with van der Waals surface area (Å²) in [6.07, 6.45) is 1.98. The van der Waals surface area contributed by atoms with E-state index in [1.165, 1.54) is 23.9 Å². The molecule has 2 aromatic carbocycles. The van der Waals surface area contributed by atoms with Gasteiger partial charge in [0.25, 0.3) is 5.91 Å².